The number of hydrogen-bond acceptors (Lipinski definition) is 3. The monoisotopic (exact) mass is 342 g/mol. The maximum absolute atomic E-state index is 12.4. The minimum Gasteiger partial charge on any atom is -0.504 e. The van der Waals surface area contributed by atoms with Gasteiger partial charge < -0.3 is 5.11 Å². The molecular weight excluding hydrogens is 312 g/mol. The molecule has 0 saturated heterocycles. The molecule has 7 atom stereocenters. The first-order valence-electron chi connectivity index (χ1n) is 9.86. The third-order valence-corrected chi connectivity index (χ3v) is 8.42. The number of fused-ring (bicyclic) bond motifs is 5. The standard InChI is InChI=1S/C22H30O3/c1-12-9-17-15-6-5-14-10-18(24)19(25)11-22(14,4)16(15)7-8-21(17,3)20(12)13(2)23/h10-12,15-17,20,25H,5-9H2,1-4H3/t12-,15-,16+,17+,20-,21+,22+/m1/s1. The van der Waals surface area contributed by atoms with E-state index in [1.165, 1.54) is 5.57 Å². The van der Waals surface area contributed by atoms with E-state index >= 15 is 0 Å². The molecule has 136 valence electrons. The van der Waals surface area contributed by atoms with Crippen LogP contribution in [-0.2, 0) is 9.59 Å². The molecule has 0 aromatic heterocycles. The predicted molar refractivity (Wildman–Crippen MR) is 96.9 cm³/mol. The fourth-order valence-corrected chi connectivity index (χ4v) is 7.51. The third-order valence-electron chi connectivity index (χ3n) is 8.42. The van der Waals surface area contributed by atoms with Gasteiger partial charge in [-0.1, -0.05) is 26.3 Å². The minimum absolute atomic E-state index is 0.0818. The highest BCUT2D eigenvalue weighted by Crippen LogP contribution is 2.67. The molecule has 1 N–H and O–H groups in total. The summed E-state index contributed by atoms with van der Waals surface area (Å²) in [5.74, 6) is 2.34. The molecule has 0 aromatic rings. The number of ketones is 2. The highest BCUT2D eigenvalue weighted by molar-refractivity contribution is 6.04. The Hall–Kier alpha value is -1.38. The van der Waals surface area contributed by atoms with Crippen LogP contribution in [0.4, 0.5) is 0 Å². The molecule has 0 aromatic carbocycles. The van der Waals surface area contributed by atoms with Gasteiger partial charge in [0, 0.05) is 11.3 Å². The Balaban J connectivity index is 1.72. The van der Waals surface area contributed by atoms with Crippen LogP contribution in [-0.4, -0.2) is 16.7 Å². The Kier molecular flexibility index (Phi) is 3.62. The van der Waals surface area contributed by atoms with E-state index in [0.29, 0.717) is 29.5 Å². The van der Waals surface area contributed by atoms with Gasteiger partial charge >= 0.3 is 0 Å². The molecule has 4 rings (SSSR count). The molecule has 3 saturated carbocycles. The summed E-state index contributed by atoms with van der Waals surface area (Å²) in [4.78, 5) is 24.3. The number of hydrogen-bond donors (Lipinski definition) is 1. The van der Waals surface area contributed by atoms with Gasteiger partial charge in [-0.15, -0.1) is 0 Å². The topological polar surface area (TPSA) is 54.4 Å². The van der Waals surface area contributed by atoms with Crippen LogP contribution in [0.2, 0.25) is 0 Å². The molecule has 0 bridgehead atoms. The number of Topliss-reactive ketones (excluding diaryl/α,β-unsaturated/α-hetero) is 1. The van der Waals surface area contributed by atoms with Crippen molar-refractivity contribution in [3.8, 4) is 0 Å². The lowest BCUT2D eigenvalue weighted by Crippen LogP contribution is -2.50. The van der Waals surface area contributed by atoms with Gasteiger partial charge in [0.05, 0.1) is 0 Å². The molecule has 25 heavy (non-hydrogen) atoms. The van der Waals surface area contributed by atoms with E-state index < -0.39 is 0 Å². The smallest absolute Gasteiger partial charge is 0.219 e. The van der Waals surface area contributed by atoms with Gasteiger partial charge in [-0.25, -0.2) is 0 Å². The second kappa shape index (κ2) is 5.31. The first kappa shape index (κ1) is 17.1. The van der Waals surface area contributed by atoms with Crippen molar-refractivity contribution in [2.24, 2.45) is 40.4 Å². The summed E-state index contributed by atoms with van der Waals surface area (Å²) in [6.07, 6.45) is 8.90. The van der Waals surface area contributed by atoms with Crippen molar-refractivity contribution in [2.45, 2.75) is 59.8 Å². The molecule has 0 amide bonds. The largest absolute Gasteiger partial charge is 0.504 e. The highest BCUT2D eigenvalue weighted by atomic mass is 16.3. The van der Waals surface area contributed by atoms with Crippen LogP contribution in [0.15, 0.2) is 23.5 Å². The van der Waals surface area contributed by atoms with Crippen LogP contribution < -0.4 is 0 Å². The van der Waals surface area contributed by atoms with Gasteiger partial charge in [0.15, 0.2) is 5.76 Å². The van der Waals surface area contributed by atoms with Gasteiger partial charge in [-0.2, -0.15) is 0 Å². The zero-order valence-corrected chi connectivity index (χ0v) is 15.8. The van der Waals surface area contributed by atoms with Gasteiger partial charge in [0.2, 0.25) is 5.78 Å². The van der Waals surface area contributed by atoms with Crippen LogP contribution in [0.5, 0.6) is 0 Å². The van der Waals surface area contributed by atoms with Crippen LogP contribution >= 0.6 is 0 Å². The van der Waals surface area contributed by atoms with E-state index in [0.717, 1.165) is 32.1 Å². The molecule has 0 heterocycles. The number of rotatable bonds is 1. The zero-order chi connectivity index (χ0) is 18.1. The number of allylic oxidation sites excluding steroid dienone is 3. The second-order valence-corrected chi connectivity index (χ2v) is 9.61. The Bertz CT molecular complexity index is 702. The number of carbonyl (C=O) groups is 2. The van der Waals surface area contributed by atoms with E-state index in [1.807, 2.05) is 6.08 Å². The molecule has 3 heteroatoms. The van der Waals surface area contributed by atoms with E-state index in [-0.39, 0.29) is 28.3 Å². The lowest BCUT2D eigenvalue weighted by Gasteiger charge is -2.56. The summed E-state index contributed by atoms with van der Waals surface area (Å²) >= 11 is 0. The number of aliphatic hydroxyl groups excluding tert-OH is 1. The van der Waals surface area contributed by atoms with Crippen LogP contribution in [0, 0.1) is 40.4 Å². The first-order valence-corrected chi connectivity index (χ1v) is 9.86. The minimum atomic E-state index is -0.238. The lowest BCUT2D eigenvalue weighted by atomic mass is 9.47. The maximum Gasteiger partial charge on any atom is 0.219 e. The Morgan fingerprint density at radius 2 is 1.96 bits per heavy atom. The summed E-state index contributed by atoms with van der Waals surface area (Å²) in [5.41, 5.74) is 1.13. The predicted octanol–water partition coefficient (Wildman–Crippen LogP) is 4.63. The van der Waals surface area contributed by atoms with Gasteiger partial charge in [0.1, 0.15) is 5.78 Å². The Labute approximate surface area is 150 Å². The van der Waals surface area contributed by atoms with E-state index in [1.54, 1.807) is 13.0 Å². The van der Waals surface area contributed by atoms with E-state index in [4.69, 9.17) is 0 Å². The summed E-state index contributed by atoms with van der Waals surface area (Å²) in [6, 6.07) is 0. The van der Waals surface area contributed by atoms with Crippen molar-refractivity contribution in [3.05, 3.63) is 23.5 Å². The van der Waals surface area contributed by atoms with Crippen molar-refractivity contribution < 1.29 is 14.7 Å². The Morgan fingerprint density at radius 1 is 1.24 bits per heavy atom. The molecule has 0 radical (unpaired) electrons. The van der Waals surface area contributed by atoms with Crippen molar-refractivity contribution in [3.63, 3.8) is 0 Å². The number of carbonyl (C=O) groups excluding carboxylic acids is 2. The molecule has 0 aliphatic heterocycles. The molecule has 4 aliphatic rings. The van der Waals surface area contributed by atoms with Crippen LogP contribution in [0.1, 0.15) is 59.8 Å². The van der Waals surface area contributed by atoms with Crippen LogP contribution in [0.3, 0.4) is 0 Å². The van der Waals surface area contributed by atoms with Crippen molar-refractivity contribution in [1.82, 2.24) is 0 Å². The number of aliphatic hydroxyl groups is 1. The van der Waals surface area contributed by atoms with Gasteiger partial charge in [-0.05, 0) is 80.3 Å². The summed E-state index contributed by atoms with van der Waals surface area (Å²) in [6.45, 7) is 8.60. The van der Waals surface area contributed by atoms with Gasteiger partial charge in [-0.3, -0.25) is 9.59 Å². The normalized spacial score (nSPS) is 48.8. The van der Waals surface area contributed by atoms with E-state index in [9.17, 15) is 14.7 Å². The summed E-state index contributed by atoms with van der Waals surface area (Å²) < 4.78 is 0. The second-order valence-electron chi connectivity index (χ2n) is 9.61. The summed E-state index contributed by atoms with van der Waals surface area (Å²) in [5, 5.41) is 10.1. The van der Waals surface area contributed by atoms with Crippen molar-refractivity contribution >= 4 is 11.6 Å². The van der Waals surface area contributed by atoms with Crippen LogP contribution in [0.25, 0.3) is 0 Å². The molecule has 0 unspecified atom stereocenters. The zero-order valence-electron chi connectivity index (χ0n) is 15.8. The average molecular weight is 342 g/mol. The lowest BCUT2D eigenvalue weighted by molar-refractivity contribution is -0.128. The van der Waals surface area contributed by atoms with Gasteiger partial charge in [0.25, 0.3) is 0 Å². The average Bonchev–Trinajstić information content (AvgIpc) is 2.79. The first-order chi connectivity index (χ1) is 11.7. The molecular formula is C22H30O3. The van der Waals surface area contributed by atoms with Crippen molar-refractivity contribution in [2.75, 3.05) is 0 Å². The fourth-order valence-electron chi connectivity index (χ4n) is 7.51. The van der Waals surface area contributed by atoms with Crippen molar-refractivity contribution in [1.29, 1.82) is 0 Å². The highest BCUT2D eigenvalue weighted by Gasteiger charge is 2.61. The Morgan fingerprint density at radius 3 is 2.64 bits per heavy atom. The molecule has 0 spiro atoms. The molecule has 4 aliphatic carbocycles. The molecule has 3 nitrogen and oxygen atoms in total. The quantitative estimate of drug-likeness (QED) is 0.756. The molecule has 3 fully saturated rings. The maximum atomic E-state index is 12.4. The fraction of sp³-hybridized carbons (Fsp3) is 0.727. The van der Waals surface area contributed by atoms with E-state index in [2.05, 4.69) is 20.8 Å². The SMILES string of the molecule is CC(=O)[C@H]1[C@H](C)C[C@H]2[C@@H]3CCC4=CC(=O)C(O)=C[C@]4(C)[C@H]3CC[C@@]21C. The third kappa shape index (κ3) is 2.17. The summed E-state index contributed by atoms with van der Waals surface area (Å²) in [7, 11) is 0.